The fraction of sp³-hybridized carbons (Fsp3) is 0.400. The van der Waals surface area contributed by atoms with E-state index in [9.17, 15) is 19.1 Å². The van der Waals surface area contributed by atoms with E-state index in [1.54, 1.807) is 6.92 Å². The second kappa shape index (κ2) is 6.54. The summed E-state index contributed by atoms with van der Waals surface area (Å²) in [6.45, 7) is 2.18. The van der Waals surface area contributed by atoms with Gasteiger partial charge in [-0.25, -0.2) is 9.37 Å². The molecule has 1 aromatic heterocycles. The first kappa shape index (κ1) is 17.2. The van der Waals surface area contributed by atoms with Crippen LogP contribution >= 0.6 is 12.4 Å². The summed E-state index contributed by atoms with van der Waals surface area (Å²) < 4.78 is 13.7. The Labute approximate surface area is 138 Å². The predicted molar refractivity (Wildman–Crippen MR) is 84.2 cm³/mol. The van der Waals surface area contributed by atoms with E-state index < -0.39 is 23.7 Å². The van der Waals surface area contributed by atoms with Crippen LogP contribution in [0.3, 0.4) is 0 Å². The largest absolute Gasteiger partial charge is 0.481 e. The third kappa shape index (κ3) is 3.01. The number of halogens is 2. The molecule has 1 aromatic carbocycles. The highest BCUT2D eigenvalue weighted by Gasteiger charge is 2.36. The van der Waals surface area contributed by atoms with Gasteiger partial charge in [0.05, 0.1) is 23.3 Å². The number of nitrogens with zero attached hydrogens (tertiary/aromatic N) is 2. The van der Waals surface area contributed by atoms with Gasteiger partial charge < -0.3 is 15.0 Å². The number of rotatable bonds is 2. The van der Waals surface area contributed by atoms with Crippen molar-refractivity contribution < 1.29 is 19.1 Å². The number of amides is 1. The van der Waals surface area contributed by atoms with Gasteiger partial charge >= 0.3 is 5.97 Å². The molecule has 2 aromatic rings. The van der Waals surface area contributed by atoms with Gasteiger partial charge in [0.15, 0.2) is 0 Å². The average Bonchev–Trinajstić information content (AvgIpc) is 2.93. The van der Waals surface area contributed by atoms with Crippen LogP contribution in [0.4, 0.5) is 4.39 Å². The van der Waals surface area contributed by atoms with Gasteiger partial charge in [-0.3, -0.25) is 9.59 Å². The summed E-state index contributed by atoms with van der Waals surface area (Å²) in [4.78, 5) is 32.4. The summed E-state index contributed by atoms with van der Waals surface area (Å²) in [5.74, 6) is -2.41. The van der Waals surface area contributed by atoms with Crippen LogP contribution < -0.4 is 0 Å². The number of imidazole rings is 1. The number of hydrogen-bond donors (Lipinski definition) is 2. The highest BCUT2D eigenvalue weighted by atomic mass is 35.5. The first-order valence-electron chi connectivity index (χ1n) is 7.15. The number of carbonyl (C=O) groups is 2. The Bertz CT molecular complexity index is 749. The third-order valence-electron chi connectivity index (χ3n) is 4.28. The fourth-order valence-electron chi connectivity index (χ4n) is 3.09. The molecule has 124 valence electrons. The van der Waals surface area contributed by atoms with E-state index in [4.69, 9.17) is 0 Å². The van der Waals surface area contributed by atoms with Crippen LogP contribution in [0, 0.1) is 11.7 Å². The molecule has 2 heterocycles. The van der Waals surface area contributed by atoms with E-state index in [1.807, 2.05) is 0 Å². The molecule has 1 aliphatic heterocycles. The predicted octanol–water partition coefficient (Wildman–Crippen LogP) is 2.45. The van der Waals surface area contributed by atoms with Gasteiger partial charge in [-0.1, -0.05) is 0 Å². The van der Waals surface area contributed by atoms with Gasteiger partial charge in [0.25, 0.3) is 5.91 Å². The topological polar surface area (TPSA) is 86.3 Å². The van der Waals surface area contributed by atoms with Crippen molar-refractivity contribution in [2.24, 2.45) is 5.92 Å². The van der Waals surface area contributed by atoms with Crippen molar-refractivity contribution in [1.82, 2.24) is 14.9 Å². The van der Waals surface area contributed by atoms with Crippen LogP contribution in [0.1, 0.15) is 30.1 Å². The Balaban J connectivity index is 0.00000192. The van der Waals surface area contributed by atoms with Crippen molar-refractivity contribution in [3.05, 3.63) is 29.8 Å². The minimum absolute atomic E-state index is 0. The molecular weight excluding hydrogens is 325 g/mol. The smallest absolute Gasteiger partial charge is 0.308 e. The molecular formula is C15H17ClFN3O3. The Hall–Kier alpha value is -2.15. The van der Waals surface area contributed by atoms with E-state index in [2.05, 4.69) is 9.97 Å². The summed E-state index contributed by atoms with van der Waals surface area (Å²) in [5, 5.41) is 9.25. The minimum Gasteiger partial charge on any atom is -0.481 e. The van der Waals surface area contributed by atoms with Crippen molar-refractivity contribution in [3.8, 4) is 0 Å². The van der Waals surface area contributed by atoms with Gasteiger partial charge in [-0.15, -0.1) is 12.4 Å². The van der Waals surface area contributed by atoms with Gasteiger partial charge in [-0.05, 0) is 31.9 Å². The lowest BCUT2D eigenvalue weighted by Gasteiger charge is -2.37. The molecule has 0 aliphatic carbocycles. The van der Waals surface area contributed by atoms with Gasteiger partial charge in [0.1, 0.15) is 11.3 Å². The van der Waals surface area contributed by atoms with Gasteiger partial charge in [0.2, 0.25) is 0 Å². The zero-order valence-corrected chi connectivity index (χ0v) is 13.3. The number of hydrogen-bond acceptors (Lipinski definition) is 3. The first-order valence-corrected chi connectivity index (χ1v) is 7.15. The molecule has 0 radical (unpaired) electrons. The molecule has 23 heavy (non-hydrogen) atoms. The van der Waals surface area contributed by atoms with E-state index in [1.165, 1.54) is 17.3 Å². The van der Waals surface area contributed by atoms with Crippen LogP contribution in [0.25, 0.3) is 11.0 Å². The van der Waals surface area contributed by atoms with E-state index >= 15 is 0 Å². The molecule has 0 spiro atoms. The minimum atomic E-state index is -0.908. The quantitative estimate of drug-likeness (QED) is 0.878. The fourth-order valence-corrected chi connectivity index (χ4v) is 3.09. The van der Waals surface area contributed by atoms with Crippen LogP contribution in [-0.2, 0) is 4.79 Å². The second-order valence-corrected chi connectivity index (χ2v) is 5.58. The Morgan fingerprint density at radius 1 is 1.43 bits per heavy atom. The SMILES string of the molecule is C[C@@H]1[C@H](C(=O)O)CCCN1C(=O)c1cc(F)cc2[nH]cnc12.Cl. The molecule has 2 N–H and O–H groups in total. The maximum Gasteiger partial charge on any atom is 0.308 e. The van der Waals surface area contributed by atoms with Crippen molar-refractivity contribution in [2.75, 3.05) is 6.54 Å². The Kier molecular flexibility index (Phi) is 4.89. The lowest BCUT2D eigenvalue weighted by Crippen LogP contribution is -2.49. The normalized spacial score (nSPS) is 21.0. The Morgan fingerprint density at radius 3 is 2.87 bits per heavy atom. The third-order valence-corrected chi connectivity index (χ3v) is 4.28. The number of aliphatic carboxylic acids is 1. The maximum atomic E-state index is 13.7. The molecule has 1 fully saturated rings. The average molecular weight is 342 g/mol. The summed E-state index contributed by atoms with van der Waals surface area (Å²) in [6.07, 6.45) is 2.56. The molecule has 0 bridgehead atoms. The molecule has 0 unspecified atom stereocenters. The number of aromatic amines is 1. The number of aromatic nitrogens is 2. The monoisotopic (exact) mass is 341 g/mol. The molecule has 8 heteroatoms. The zero-order chi connectivity index (χ0) is 15.9. The van der Waals surface area contributed by atoms with E-state index in [0.29, 0.717) is 30.4 Å². The van der Waals surface area contributed by atoms with Gasteiger partial charge in [-0.2, -0.15) is 0 Å². The number of benzene rings is 1. The van der Waals surface area contributed by atoms with Crippen molar-refractivity contribution >= 4 is 35.3 Å². The first-order chi connectivity index (χ1) is 10.5. The summed E-state index contributed by atoms with van der Waals surface area (Å²) in [6, 6.07) is 2.00. The van der Waals surface area contributed by atoms with Crippen molar-refractivity contribution in [1.29, 1.82) is 0 Å². The Morgan fingerprint density at radius 2 is 2.17 bits per heavy atom. The molecule has 2 atom stereocenters. The van der Waals surface area contributed by atoms with Crippen LogP contribution in [0.5, 0.6) is 0 Å². The number of carboxylic acids is 1. The lowest BCUT2D eigenvalue weighted by atomic mass is 9.89. The summed E-state index contributed by atoms with van der Waals surface area (Å²) in [7, 11) is 0. The van der Waals surface area contributed by atoms with E-state index in [-0.39, 0.29) is 23.9 Å². The number of piperidine rings is 1. The number of H-pyrrole nitrogens is 1. The van der Waals surface area contributed by atoms with Crippen LogP contribution in [-0.4, -0.2) is 44.4 Å². The van der Waals surface area contributed by atoms with Crippen LogP contribution in [0.2, 0.25) is 0 Å². The molecule has 6 nitrogen and oxygen atoms in total. The second-order valence-electron chi connectivity index (χ2n) is 5.58. The molecule has 1 saturated heterocycles. The van der Waals surface area contributed by atoms with Crippen LogP contribution in [0.15, 0.2) is 18.5 Å². The number of likely N-dealkylation sites (tertiary alicyclic amines) is 1. The number of fused-ring (bicyclic) bond motifs is 1. The molecule has 1 amide bonds. The molecule has 3 rings (SSSR count). The highest BCUT2D eigenvalue weighted by molar-refractivity contribution is 6.05. The standard InChI is InChI=1S/C15H16FN3O3.ClH/c1-8-10(15(21)22)3-2-4-19(8)14(20)11-5-9(16)6-12-13(11)18-7-17-12;/h5-8,10H,2-4H2,1H3,(H,17,18)(H,21,22);1H/t8-,10-;/m1./s1. The maximum absolute atomic E-state index is 13.7. The summed E-state index contributed by atoms with van der Waals surface area (Å²) in [5.41, 5.74) is 1.01. The highest BCUT2D eigenvalue weighted by Crippen LogP contribution is 2.27. The van der Waals surface area contributed by atoms with Gasteiger partial charge in [0, 0.05) is 12.6 Å². The number of nitrogens with one attached hydrogen (secondary N) is 1. The van der Waals surface area contributed by atoms with Crippen molar-refractivity contribution in [3.63, 3.8) is 0 Å². The number of carbonyl (C=O) groups excluding carboxylic acids is 1. The summed E-state index contributed by atoms with van der Waals surface area (Å²) >= 11 is 0. The molecule has 1 aliphatic rings. The van der Waals surface area contributed by atoms with E-state index in [0.717, 1.165) is 6.07 Å². The zero-order valence-electron chi connectivity index (χ0n) is 12.5. The lowest BCUT2D eigenvalue weighted by molar-refractivity contribution is -0.144. The van der Waals surface area contributed by atoms with Crippen molar-refractivity contribution in [2.45, 2.75) is 25.8 Å². The number of carboxylic acid groups (broad SMARTS) is 1. The molecule has 0 saturated carbocycles.